The van der Waals surface area contributed by atoms with Gasteiger partial charge in [-0.2, -0.15) is 0 Å². The van der Waals surface area contributed by atoms with Crippen molar-refractivity contribution in [3.63, 3.8) is 0 Å². The molecule has 0 aliphatic rings. The maximum absolute atomic E-state index is 13.5. The number of aromatic nitrogens is 2. The topological polar surface area (TPSA) is 140 Å². The molecular formula is C33H40N4O6S. The van der Waals surface area contributed by atoms with Gasteiger partial charge in [-0.25, -0.2) is 22.2 Å². The van der Waals surface area contributed by atoms with Crippen LogP contribution in [0.5, 0.6) is 0 Å². The number of fused-ring (bicyclic) bond motifs is 1. The van der Waals surface area contributed by atoms with Gasteiger partial charge in [0.2, 0.25) is 5.91 Å². The van der Waals surface area contributed by atoms with Crippen molar-refractivity contribution in [2.45, 2.75) is 78.0 Å². The monoisotopic (exact) mass is 620 g/mol. The molecule has 0 saturated carbocycles. The summed E-state index contributed by atoms with van der Waals surface area (Å²) in [5.74, 6) is -0.601. The van der Waals surface area contributed by atoms with Gasteiger partial charge in [-0.05, 0) is 93.1 Å². The van der Waals surface area contributed by atoms with Crippen LogP contribution in [0.15, 0.2) is 71.8 Å². The molecule has 2 atom stereocenters. The molecule has 3 N–H and O–H groups in total. The molecule has 10 nitrogen and oxygen atoms in total. The molecule has 2 heterocycles. The molecular weight excluding hydrogens is 580 g/mol. The normalized spacial score (nSPS) is 13.8. The van der Waals surface area contributed by atoms with E-state index in [9.17, 15) is 23.1 Å². The van der Waals surface area contributed by atoms with E-state index in [4.69, 9.17) is 4.74 Å². The lowest BCUT2D eigenvalue weighted by molar-refractivity contribution is -0.123. The Morgan fingerprint density at radius 2 is 1.59 bits per heavy atom. The summed E-state index contributed by atoms with van der Waals surface area (Å²) in [6.45, 7) is 14.0. The number of nitrogens with zero attached hydrogens (tertiary/aromatic N) is 2. The van der Waals surface area contributed by atoms with Crippen molar-refractivity contribution in [1.29, 1.82) is 0 Å². The van der Waals surface area contributed by atoms with Gasteiger partial charge in [0, 0.05) is 23.0 Å². The predicted octanol–water partition coefficient (Wildman–Crippen LogP) is 5.80. The Kier molecular flexibility index (Phi) is 8.95. The van der Waals surface area contributed by atoms with Crippen LogP contribution in [-0.2, 0) is 19.6 Å². The van der Waals surface area contributed by atoms with Gasteiger partial charge in [0.05, 0.1) is 11.0 Å². The number of alkyl carbamates (subject to hydrolysis) is 1. The van der Waals surface area contributed by atoms with Crippen LogP contribution in [0.2, 0.25) is 0 Å². The first-order chi connectivity index (χ1) is 20.4. The van der Waals surface area contributed by atoms with Crippen LogP contribution in [0.4, 0.5) is 10.5 Å². The third kappa shape index (κ3) is 6.95. The van der Waals surface area contributed by atoms with E-state index in [2.05, 4.69) is 15.6 Å². The summed E-state index contributed by atoms with van der Waals surface area (Å²) in [4.78, 5) is 30.5. The van der Waals surface area contributed by atoms with Crippen LogP contribution >= 0.6 is 0 Å². The zero-order chi connectivity index (χ0) is 32.6. The van der Waals surface area contributed by atoms with Gasteiger partial charge in [-0.3, -0.25) is 4.79 Å². The fraction of sp³-hybridized carbons (Fsp3) is 0.364. The van der Waals surface area contributed by atoms with E-state index >= 15 is 0 Å². The SMILES string of the molecule is Cc1cc(NC(=O)C(NC(=O)OC(C)(C)C)C(O)C(C)(C)C)ccc1-c1ccnc2c1cc(C)n2S(=O)(=O)c1ccccc1. The Labute approximate surface area is 258 Å². The third-order valence-electron chi connectivity index (χ3n) is 7.06. The number of nitrogens with one attached hydrogen (secondary N) is 2. The lowest BCUT2D eigenvalue weighted by Crippen LogP contribution is -2.55. The second-order valence-corrected chi connectivity index (χ2v) is 14.7. The van der Waals surface area contributed by atoms with Gasteiger partial charge >= 0.3 is 6.09 Å². The Morgan fingerprint density at radius 1 is 0.932 bits per heavy atom. The highest BCUT2D eigenvalue weighted by molar-refractivity contribution is 7.90. The first kappa shape index (κ1) is 32.7. The number of aryl methyl sites for hydroxylation is 2. The standard InChI is InChI=1S/C33H40N4O6S/c1-20-18-22(35-30(39)27(28(38)32(3,4)5)36-31(40)43-33(6,7)8)14-15-24(20)25-16-17-34-29-26(25)19-21(2)37(29)44(41,42)23-12-10-9-11-13-23/h9-19,27-28,38H,1-8H3,(H,35,39)(H,36,40). The molecule has 4 aromatic rings. The minimum atomic E-state index is -3.88. The quantitative estimate of drug-likeness (QED) is 0.237. The highest BCUT2D eigenvalue weighted by Gasteiger charge is 2.37. The molecule has 2 aromatic carbocycles. The summed E-state index contributed by atoms with van der Waals surface area (Å²) in [6.07, 6.45) is -0.449. The summed E-state index contributed by atoms with van der Waals surface area (Å²) in [5.41, 5.74) is 2.20. The average Bonchev–Trinajstić information content (AvgIpc) is 3.27. The van der Waals surface area contributed by atoms with E-state index in [0.29, 0.717) is 22.4 Å². The number of pyridine rings is 1. The second-order valence-electron chi connectivity index (χ2n) is 12.9. The maximum atomic E-state index is 13.5. The lowest BCUT2D eigenvalue weighted by atomic mass is 9.84. The maximum Gasteiger partial charge on any atom is 0.408 e. The van der Waals surface area contributed by atoms with Gasteiger partial charge in [0.1, 0.15) is 11.6 Å². The number of benzene rings is 2. The van der Waals surface area contributed by atoms with Crippen molar-refractivity contribution in [3.8, 4) is 11.1 Å². The van der Waals surface area contributed by atoms with Gasteiger partial charge in [-0.15, -0.1) is 0 Å². The number of carbonyl (C=O) groups is 2. The summed E-state index contributed by atoms with van der Waals surface area (Å²) in [5, 5.41) is 17.0. The predicted molar refractivity (Wildman–Crippen MR) is 171 cm³/mol. The van der Waals surface area contributed by atoms with E-state index in [1.807, 2.05) is 19.1 Å². The minimum Gasteiger partial charge on any atom is -0.444 e. The van der Waals surface area contributed by atoms with Crippen molar-refractivity contribution in [2.75, 3.05) is 5.32 Å². The number of ether oxygens (including phenoxy) is 1. The molecule has 0 fully saturated rings. The Hall–Kier alpha value is -4.22. The Bertz CT molecular complexity index is 1800. The molecule has 44 heavy (non-hydrogen) atoms. The van der Waals surface area contributed by atoms with Gasteiger partial charge in [0.25, 0.3) is 10.0 Å². The number of carbonyl (C=O) groups excluding carboxylic acids is 2. The molecule has 2 aromatic heterocycles. The molecule has 11 heteroatoms. The van der Waals surface area contributed by atoms with Crippen molar-refractivity contribution >= 4 is 38.7 Å². The molecule has 0 spiro atoms. The van der Waals surface area contributed by atoms with Gasteiger partial charge < -0.3 is 20.5 Å². The smallest absolute Gasteiger partial charge is 0.408 e. The van der Waals surface area contributed by atoms with Crippen molar-refractivity contribution in [1.82, 2.24) is 14.3 Å². The number of hydrogen-bond acceptors (Lipinski definition) is 7. The van der Waals surface area contributed by atoms with Crippen LogP contribution in [0.25, 0.3) is 22.2 Å². The van der Waals surface area contributed by atoms with Crippen LogP contribution in [-0.4, -0.2) is 52.2 Å². The van der Waals surface area contributed by atoms with E-state index < -0.39 is 45.2 Å². The number of hydrogen-bond donors (Lipinski definition) is 3. The number of anilines is 1. The van der Waals surface area contributed by atoms with Gasteiger partial charge in [-0.1, -0.05) is 45.0 Å². The Morgan fingerprint density at radius 3 is 2.18 bits per heavy atom. The largest absolute Gasteiger partial charge is 0.444 e. The first-order valence-electron chi connectivity index (χ1n) is 14.3. The first-order valence-corrected chi connectivity index (χ1v) is 15.7. The average molecular weight is 621 g/mol. The van der Waals surface area contributed by atoms with Crippen LogP contribution in [0.1, 0.15) is 52.8 Å². The fourth-order valence-corrected chi connectivity index (χ4v) is 6.44. The zero-order valence-electron chi connectivity index (χ0n) is 26.3. The molecule has 0 bridgehead atoms. The fourth-order valence-electron chi connectivity index (χ4n) is 4.92. The summed E-state index contributed by atoms with van der Waals surface area (Å²) in [6, 6.07) is 15.9. The van der Waals surface area contributed by atoms with Crippen molar-refractivity contribution in [2.24, 2.45) is 5.41 Å². The zero-order valence-corrected chi connectivity index (χ0v) is 27.1. The summed E-state index contributed by atoms with van der Waals surface area (Å²) < 4.78 is 33.6. The molecule has 0 aliphatic heterocycles. The lowest BCUT2D eigenvalue weighted by Gasteiger charge is -2.33. The number of rotatable bonds is 7. The van der Waals surface area contributed by atoms with Crippen LogP contribution in [0, 0.1) is 19.3 Å². The summed E-state index contributed by atoms with van der Waals surface area (Å²) >= 11 is 0. The highest BCUT2D eigenvalue weighted by atomic mass is 32.2. The van der Waals surface area contributed by atoms with Crippen LogP contribution < -0.4 is 10.6 Å². The molecule has 2 unspecified atom stereocenters. The van der Waals surface area contributed by atoms with Crippen molar-refractivity contribution in [3.05, 3.63) is 78.1 Å². The van der Waals surface area contributed by atoms with Crippen molar-refractivity contribution < 1.29 is 27.9 Å². The minimum absolute atomic E-state index is 0.167. The number of aliphatic hydroxyl groups excluding tert-OH is 1. The summed E-state index contributed by atoms with van der Waals surface area (Å²) in [7, 11) is -3.88. The van der Waals surface area contributed by atoms with E-state index in [1.54, 1.807) is 103 Å². The highest BCUT2D eigenvalue weighted by Crippen LogP contribution is 2.34. The number of amides is 2. The van der Waals surface area contributed by atoms with E-state index in [1.165, 1.54) is 3.97 Å². The third-order valence-corrected chi connectivity index (χ3v) is 8.87. The van der Waals surface area contributed by atoms with E-state index in [0.717, 1.165) is 16.7 Å². The molecule has 4 rings (SSSR count). The Balaban J connectivity index is 1.66. The molecule has 0 saturated heterocycles. The molecule has 234 valence electrons. The molecule has 0 radical (unpaired) electrons. The second kappa shape index (κ2) is 12.0. The molecule has 2 amide bonds. The van der Waals surface area contributed by atoms with Crippen LogP contribution in [0.3, 0.4) is 0 Å². The van der Waals surface area contributed by atoms with Gasteiger partial charge in [0.15, 0.2) is 5.65 Å². The van der Waals surface area contributed by atoms with E-state index in [-0.39, 0.29) is 4.90 Å². The molecule has 0 aliphatic carbocycles. The number of aliphatic hydroxyl groups is 1.